The summed E-state index contributed by atoms with van der Waals surface area (Å²) in [6, 6.07) is 8.24. The van der Waals surface area contributed by atoms with Crippen molar-refractivity contribution in [2.75, 3.05) is 0 Å². The zero-order valence-electron chi connectivity index (χ0n) is 12.6. The van der Waals surface area contributed by atoms with Gasteiger partial charge in [0.2, 0.25) is 5.91 Å². The third-order valence-electron chi connectivity index (χ3n) is 4.26. The molecule has 0 bridgehead atoms. The molecule has 1 unspecified atom stereocenters. The Hall–Kier alpha value is -1.95. The Morgan fingerprint density at radius 2 is 2.32 bits per heavy atom. The van der Waals surface area contributed by atoms with E-state index in [1.165, 1.54) is 11.1 Å². The number of hydrogen-bond donors (Lipinski definition) is 2. The van der Waals surface area contributed by atoms with Gasteiger partial charge in [0.05, 0.1) is 12.5 Å². The molecule has 6 heteroatoms. The first kappa shape index (κ1) is 15.0. The second kappa shape index (κ2) is 6.44. The standard InChI is InChI=1S/C16H20N4OS/c1-2-20-14(18-19-16(20)22)10-17-15(21)13-9-5-7-11-6-3-4-8-12(11)13/h3-4,6,8,13H,2,5,7,9-10H2,1H3,(H,17,21)(H,19,22). The van der Waals surface area contributed by atoms with E-state index >= 15 is 0 Å². The number of carbonyl (C=O) groups excluding carboxylic acids is 1. The van der Waals surface area contributed by atoms with Crippen LogP contribution in [0.4, 0.5) is 0 Å². The Morgan fingerprint density at radius 1 is 1.50 bits per heavy atom. The van der Waals surface area contributed by atoms with Crippen molar-refractivity contribution >= 4 is 18.1 Å². The first-order valence-corrected chi connectivity index (χ1v) is 8.11. The molecule has 0 saturated heterocycles. The van der Waals surface area contributed by atoms with E-state index in [1.54, 1.807) is 0 Å². The molecule has 2 aromatic rings. The van der Waals surface area contributed by atoms with Crippen LogP contribution in [0.15, 0.2) is 24.3 Å². The molecule has 0 spiro atoms. The highest BCUT2D eigenvalue weighted by atomic mass is 32.1. The quantitative estimate of drug-likeness (QED) is 0.853. The Morgan fingerprint density at radius 3 is 3.14 bits per heavy atom. The summed E-state index contributed by atoms with van der Waals surface area (Å²) in [5.41, 5.74) is 2.46. The first-order chi connectivity index (χ1) is 10.7. The fraction of sp³-hybridized carbons (Fsp3) is 0.438. The Labute approximate surface area is 134 Å². The molecule has 0 fully saturated rings. The number of carbonyl (C=O) groups is 1. The van der Waals surface area contributed by atoms with E-state index in [1.807, 2.05) is 23.6 Å². The lowest BCUT2D eigenvalue weighted by Crippen LogP contribution is -2.31. The molecule has 2 N–H and O–H groups in total. The summed E-state index contributed by atoms with van der Waals surface area (Å²) >= 11 is 5.16. The number of aromatic nitrogens is 3. The van der Waals surface area contributed by atoms with Gasteiger partial charge < -0.3 is 9.88 Å². The topological polar surface area (TPSA) is 62.7 Å². The van der Waals surface area contributed by atoms with E-state index in [2.05, 4.69) is 27.6 Å². The van der Waals surface area contributed by atoms with Crippen LogP contribution < -0.4 is 5.32 Å². The molecular weight excluding hydrogens is 296 g/mol. The van der Waals surface area contributed by atoms with Gasteiger partial charge in [0.15, 0.2) is 10.6 Å². The molecule has 1 aliphatic rings. The molecule has 0 radical (unpaired) electrons. The Balaban J connectivity index is 1.72. The fourth-order valence-electron chi connectivity index (χ4n) is 3.13. The van der Waals surface area contributed by atoms with E-state index < -0.39 is 0 Å². The summed E-state index contributed by atoms with van der Waals surface area (Å²) in [4.78, 5) is 12.6. The molecule has 0 aliphatic heterocycles. The van der Waals surface area contributed by atoms with Gasteiger partial charge in [-0.1, -0.05) is 24.3 Å². The average Bonchev–Trinajstić information content (AvgIpc) is 2.92. The third-order valence-corrected chi connectivity index (χ3v) is 4.57. The molecule has 1 heterocycles. The van der Waals surface area contributed by atoms with Gasteiger partial charge in [-0.05, 0) is 49.5 Å². The summed E-state index contributed by atoms with van der Waals surface area (Å²) in [5.74, 6) is 0.788. The minimum absolute atomic E-state index is 0.0538. The molecule has 1 aromatic carbocycles. The molecule has 1 aliphatic carbocycles. The molecule has 1 aromatic heterocycles. The second-order valence-corrected chi connectivity index (χ2v) is 5.94. The summed E-state index contributed by atoms with van der Waals surface area (Å²) < 4.78 is 2.49. The maximum Gasteiger partial charge on any atom is 0.227 e. The van der Waals surface area contributed by atoms with Gasteiger partial charge in [0.25, 0.3) is 0 Å². The normalized spacial score (nSPS) is 17.0. The van der Waals surface area contributed by atoms with Crippen molar-refractivity contribution in [3.8, 4) is 0 Å². The van der Waals surface area contributed by atoms with Crippen LogP contribution >= 0.6 is 12.2 Å². The summed E-state index contributed by atoms with van der Waals surface area (Å²) in [6.45, 7) is 3.15. The van der Waals surface area contributed by atoms with E-state index in [-0.39, 0.29) is 11.8 Å². The van der Waals surface area contributed by atoms with Crippen LogP contribution in [-0.2, 0) is 24.3 Å². The van der Waals surface area contributed by atoms with Crippen LogP contribution in [0.1, 0.15) is 42.6 Å². The predicted molar refractivity (Wildman–Crippen MR) is 87.1 cm³/mol. The smallest absolute Gasteiger partial charge is 0.227 e. The lowest BCUT2D eigenvalue weighted by atomic mass is 9.82. The number of benzene rings is 1. The number of aromatic amines is 1. The highest BCUT2D eigenvalue weighted by molar-refractivity contribution is 7.71. The maximum atomic E-state index is 12.6. The molecule has 0 saturated carbocycles. The monoisotopic (exact) mass is 316 g/mol. The van der Waals surface area contributed by atoms with Crippen molar-refractivity contribution in [3.05, 3.63) is 46.0 Å². The third kappa shape index (κ3) is 2.83. The van der Waals surface area contributed by atoms with Crippen LogP contribution in [0.25, 0.3) is 0 Å². The number of rotatable bonds is 4. The number of fused-ring (bicyclic) bond motifs is 1. The van der Waals surface area contributed by atoms with Crippen molar-refractivity contribution in [2.45, 2.75) is 45.2 Å². The van der Waals surface area contributed by atoms with Gasteiger partial charge >= 0.3 is 0 Å². The molecule has 5 nitrogen and oxygen atoms in total. The Bertz CT molecular complexity index is 734. The SMILES string of the molecule is CCn1c(CNC(=O)C2CCCc3ccccc32)n[nH]c1=S. The number of H-pyrrole nitrogens is 1. The minimum atomic E-state index is -0.0538. The van der Waals surface area contributed by atoms with Gasteiger partial charge in [-0.3, -0.25) is 9.89 Å². The molecule has 22 heavy (non-hydrogen) atoms. The summed E-state index contributed by atoms with van der Waals surface area (Å²) in [7, 11) is 0. The zero-order chi connectivity index (χ0) is 15.5. The van der Waals surface area contributed by atoms with Gasteiger partial charge in [0.1, 0.15) is 0 Å². The van der Waals surface area contributed by atoms with Crippen molar-refractivity contribution < 1.29 is 4.79 Å². The highest BCUT2D eigenvalue weighted by Crippen LogP contribution is 2.31. The van der Waals surface area contributed by atoms with Gasteiger partial charge in [-0.25, -0.2) is 0 Å². The molecule has 3 rings (SSSR count). The maximum absolute atomic E-state index is 12.6. The summed E-state index contributed by atoms with van der Waals surface area (Å²) in [5, 5.41) is 9.96. The zero-order valence-corrected chi connectivity index (χ0v) is 13.4. The van der Waals surface area contributed by atoms with E-state index in [0.29, 0.717) is 11.3 Å². The van der Waals surface area contributed by atoms with Crippen molar-refractivity contribution in [2.24, 2.45) is 0 Å². The highest BCUT2D eigenvalue weighted by Gasteiger charge is 2.26. The number of aryl methyl sites for hydroxylation is 1. The number of amides is 1. The number of nitrogens with zero attached hydrogens (tertiary/aromatic N) is 2. The van der Waals surface area contributed by atoms with Crippen LogP contribution in [0.3, 0.4) is 0 Å². The van der Waals surface area contributed by atoms with E-state index in [0.717, 1.165) is 31.6 Å². The lowest BCUT2D eigenvalue weighted by molar-refractivity contribution is -0.123. The van der Waals surface area contributed by atoms with Gasteiger partial charge in [0, 0.05) is 6.54 Å². The molecule has 1 atom stereocenters. The Kier molecular flexibility index (Phi) is 4.38. The largest absolute Gasteiger partial charge is 0.348 e. The first-order valence-electron chi connectivity index (χ1n) is 7.70. The molecule has 116 valence electrons. The van der Waals surface area contributed by atoms with E-state index in [4.69, 9.17) is 12.2 Å². The van der Waals surface area contributed by atoms with Gasteiger partial charge in [-0.15, -0.1) is 0 Å². The van der Waals surface area contributed by atoms with Crippen LogP contribution in [0.5, 0.6) is 0 Å². The molecule has 1 amide bonds. The van der Waals surface area contributed by atoms with E-state index in [9.17, 15) is 4.79 Å². The van der Waals surface area contributed by atoms with Crippen LogP contribution in [0.2, 0.25) is 0 Å². The number of hydrogen-bond acceptors (Lipinski definition) is 3. The minimum Gasteiger partial charge on any atom is -0.348 e. The van der Waals surface area contributed by atoms with Crippen LogP contribution in [0, 0.1) is 4.77 Å². The van der Waals surface area contributed by atoms with Crippen molar-refractivity contribution in [1.82, 2.24) is 20.1 Å². The van der Waals surface area contributed by atoms with Crippen molar-refractivity contribution in [3.63, 3.8) is 0 Å². The molecular formula is C16H20N4OS. The number of nitrogens with one attached hydrogen (secondary N) is 2. The van der Waals surface area contributed by atoms with Crippen LogP contribution in [-0.4, -0.2) is 20.7 Å². The van der Waals surface area contributed by atoms with Gasteiger partial charge in [-0.2, -0.15) is 5.10 Å². The fourth-order valence-corrected chi connectivity index (χ4v) is 3.41. The average molecular weight is 316 g/mol. The lowest BCUT2D eigenvalue weighted by Gasteiger charge is -2.24. The summed E-state index contributed by atoms with van der Waals surface area (Å²) in [6.07, 6.45) is 3.03. The van der Waals surface area contributed by atoms with Crippen molar-refractivity contribution in [1.29, 1.82) is 0 Å². The second-order valence-electron chi connectivity index (χ2n) is 5.55. The predicted octanol–water partition coefficient (Wildman–Crippen LogP) is 2.70.